The molecular weight excluding hydrogens is 370 g/mol. The van der Waals surface area contributed by atoms with Crippen molar-refractivity contribution >= 4 is 28.6 Å². The summed E-state index contributed by atoms with van der Waals surface area (Å²) < 4.78 is 7.82. The van der Waals surface area contributed by atoms with Gasteiger partial charge in [-0.2, -0.15) is 0 Å². The van der Waals surface area contributed by atoms with Crippen LogP contribution in [-0.2, 0) is 11.2 Å². The van der Waals surface area contributed by atoms with E-state index >= 15 is 0 Å². The number of thiazole rings is 1. The number of benzene rings is 2. The number of nitrogens with zero attached hydrogens (tertiary/aromatic N) is 2. The highest BCUT2D eigenvalue weighted by Gasteiger charge is 2.28. The Bertz CT molecular complexity index is 1110. The molecule has 1 aromatic heterocycles. The van der Waals surface area contributed by atoms with Gasteiger partial charge in [0, 0.05) is 17.0 Å². The molecule has 0 bridgehead atoms. The van der Waals surface area contributed by atoms with Crippen LogP contribution >= 0.6 is 11.3 Å². The van der Waals surface area contributed by atoms with Crippen molar-refractivity contribution in [1.29, 1.82) is 0 Å². The Hall–Kier alpha value is -2.86. The Morgan fingerprint density at radius 3 is 2.79 bits per heavy atom. The molecule has 3 aromatic rings. The predicted octanol–water partition coefficient (Wildman–Crippen LogP) is 4.68. The molecule has 0 radical (unpaired) electrons. The second-order valence-electron chi connectivity index (χ2n) is 7.18. The molecule has 142 valence electrons. The van der Waals surface area contributed by atoms with Crippen molar-refractivity contribution in [1.82, 2.24) is 4.57 Å². The topological polar surface area (TPSA) is 55.6 Å². The molecule has 6 heteroatoms. The molecule has 28 heavy (non-hydrogen) atoms. The molecule has 1 amide bonds. The molecule has 1 saturated carbocycles. The summed E-state index contributed by atoms with van der Waals surface area (Å²) in [6.07, 6.45) is 3.39. The van der Waals surface area contributed by atoms with Crippen LogP contribution in [0, 0.1) is 0 Å². The number of fused-ring (bicyclic) bond motifs is 1. The molecule has 5 rings (SSSR count). The number of carbonyl (C=O) groups excluding carboxylic acids is 1. The number of rotatable bonds is 4. The smallest absolute Gasteiger partial charge is 0.262 e. The molecule has 1 N–H and O–H groups in total. The van der Waals surface area contributed by atoms with Gasteiger partial charge in [0.2, 0.25) is 0 Å². The molecule has 2 heterocycles. The van der Waals surface area contributed by atoms with Crippen LogP contribution in [0.15, 0.2) is 52.8 Å². The number of aryl methyl sites for hydroxylation is 1. The number of ether oxygens (including phenoxy) is 1. The number of nitrogens with one attached hydrogen (secondary N) is 1. The number of anilines is 1. The van der Waals surface area contributed by atoms with E-state index in [1.807, 2.05) is 12.1 Å². The zero-order valence-electron chi connectivity index (χ0n) is 15.6. The van der Waals surface area contributed by atoms with E-state index in [9.17, 15) is 4.79 Å². The standard InChI is InChI=1S/C22H21N3O2S/c1-2-14-3-6-16(7-4-14)23-22-25(17-8-9-17)19(13-28-22)15-5-10-20-18(11-15)24-21(26)12-27-20/h3-7,10-11,13,17H,2,8-9,12H2,1H3,(H,24,26). The third-order valence-electron chi connectivity index (χ3n) is 5.13. The van der Waals surface area contributed by atoms with Crippen LogP contribution in [0.3, 0.4) is 0 Å². The van der Waals surface area contributed by atoms with Crippen molar-refractivity contribution in [2.75, 3.05) is 11.9 Å². The van der Waals surface area contributed by atoms with Crippen molar-refractivity contribution in [2.24, 2.45) is 4.99 Å². The van der Waals surface area contributed by atoms with Crippen LogP contribution in [0.5, 0.6) is 5.75 Å². The lowest BCUT2D eigenvalue weighted by Gasteiger charge is -2.19. The van der Waals surface area contributed by atoms with Crippen LogP contribution in [0.2, 0.25) is 0 Å². The van der Waals surface area contributed by atoms with E-state index in [0.717, 1.165) is 39.6 Å². The largest absolute Gasteiger partial charge is 0.482 e. The van der Waals surface area contributed by atoms with Gasteiger partial charge in [-0.05, 0) is 55.2 Å². The second-order valence-corrected chi connectivity index (χ2v) is 8.02. The van der Waals surface area contributed by atoms with Gasteiger partial charge in [-0.3, -0.25) is 4.79 Å². The van der Waals surface area contributed by atoms with Crippen molar-refractivity contribution in [2.45, 2.75) is 32.2 Å². The van der Waals surface area contributed by atoms with Gasteiger partial charge in [0.25, 0.3) is 5.91 Å². The molecule has 0 saturated heterocycles. The molecule has 0 atom stereocenters. The van der Waals surface area contributed by atoms with Gasteiger partial charge in [-0.15, -0.1) is 11.3 Å². The molecule has 2 aliphatic rings. The molecule has 2 aromatic carbocycles. The molecular formula is C22H21N3O2S. The van der Waals surface area contributed by atoms with Gasteiger partial charge in [0.15, 0.2) is 11.4 Å². The van der Waals surface area contributed by atoms with E-state index in [-0.39, 0.29) is 12.5 Å². The van der Waals surface area contributed by atoms with Gasteiger partial charge < -0.3 is 14.6 Å². The molecule has 0 spiro atoms. The molecule has 0 unspecified atom stereocenters. The maximum atomic E-state index is 11.7. The van der Waals surface area contributed by atoms with Crippen LogP contribution in [-0.4, -0.2) is 17.1 Å². The lowest BCUT2D eigenvalue weighted by Crippen LogP contribution is -2.25. The highest BCUT2D eigenvalue weighted by molar-refractivity contribution is 7.07. The highest BCUT2D eigenvalue weighted by atomic mass is 32.1. The summed E-state index contributed by atoms with van der Waals surface area (Å²) in [5, 5.41) is 5.06. The van der Waals surface area contributed by atoms with Crippen LogP contribution in [0.4, 0.5) is 11.4 Å². The monoisotopic (exact) mass is 391 g/mol. The van der Waals surface area contributed by atoms with Crippen LogP contribution < -0.4 is 14.9 Å². The quantitative estimate of drug-likeness (QED) is 0.702. The summed E-state index contributed by atoms with van der Waals surface area (Å²) >= 11 is 1.66. The number of hydrogen-bond donors (Lipinski definition) is 1. The zero-order chi connectivity index (χ0) is 19.1. The van der Waals surface area contributed by atoms with Crippen molar-refractivity contribution < 1.29 is 9.53 Å². The third-order valence-corrected chi connectivity index (χ3v) is 5.97. The fourth-order valence-electron chi connectivity index (χ4n) is 3.46. The van der Waals surface area contributed by atoms with Crippen molar-refractivity contribution in [3.63, 3.8) is 0 Å². The minimum atomic E-state index is -0.115. The highest BCUT2D eigenvalue weighted by Crippen LogP contribution is 2.40. The first-order chi connectivity index (χ1) is 13.7. The lowest BCUT2D eigenvalue weighted by molar-refractivity contribution is -0.118. The summed E-state index contributed by atoms with van der Waals surface area (Å²) in [6.45, 7) is 2.23. The van der Waals surface area contributed by atoms with Gasteiger partial charge in [-0.1, -0.05) is 19.1 Å². The first kappa shape index (κ1) is 17.3. The van der Waals surface area contributed by atoms with Crippen LogP contribution in [0.25, 0.3) is 11.3 Å². The maximum Gasteiger partial charge on any atom is 0.262 e. The van der Waals surface area contributed by atoms with Crippen LogP contribution in [0.1, 0.15) is 31.4 Å². The fourth-order valence-corrected chi connectivity index (χ4v) is 4.44. The van der Waals surface area contributed by atoms with Gasteiger partial charge >= 0.3 is 0 Å². The second kappa shape index (κ2) is 6.95. The SMILES string of the molecule is CCc1ccc(N=c2scc(-c3ccc4c(c3)NC(=O)CO4)n2C2CC2)cc1. The molecule has 1 fully saturated rings. The van der Waals surface area contributed by atoms with E-state index in [2.05, 4.69) is 52.5 Å². The molecule has 1 aliphatic carbocycles. The Labute approximate surface area is 167 Å². The van der Waals surface area contributed by atoms with Crippen molar-refractivity contribution in [3.8, 4) is 17.0 Å². The normalized spacial score (nSPS) is 16.5. The molecule has 1 aliphatic heterocycles. The summed E-state index contributed by atoms with van der Waals surface area (Å²) in [5.74, 6) is 0.605. The first-order valence-electron chi connectivity index (χ1n) is 9.62. The summed E-state index contributed by atoms with van der Waals surface area (Å²) in [6, 6.07) is 14.9. The maximum absolute atomic E-state index is 11.7. The van der Waals surface area contributed by atoms with E-state index in [4.69, 9.17) is 9.73 Å². The number of hydrogen-bond acceptors (Lipinski definition) is 4. The number of carbonyl (C=O) groups is 1. The predicted molar refractivity (Wildman–Crippen MR) is 111 cm³/mol. The van der Waals surface area contributed by atoms with Gasteiger partial charge in [-0.25, -0.2) is 4.99 Å². The minimum Gasteiger partial charge on any atom is -0.482 e. The first-order valence-corrected chi connectivity index (χ1v) is 10.5. The average molecular weight is 391 g/mol. The fraction of sp³-hybridized carbons (Fsp3) is 0.273. The summed E-state index contributed by atoms with van der Waals surface area (Å²) in [4.78, 5) is 17.6. The Morgan fingerprint density at radius 1 is 1.21 bits per heavy atom. The average Bonchev–Trinajstić information content (AvgIpc) is 3.48. The van der Waals surface area contributed by atoms with E-state index in [1.165, 1.54) is 18.4 Å². The molecule has 5 nitrogen and oxygen atoms in total. The van der Waals surface area contributed by atoms with Gasteiger partial charge in [0.05, 0.1) is 17.1 Å². The van der Waals surface area contributed by atoms with Crippen molar-refractivity contribution in [3.05, 3.63) is 58.2 Å². The van der Waals surface area contributed by atoms with E-state index < -0.39 is 0 Å². The Morgan fingerprint density at radius 2 is 2.04 bits per heavy atom. The van der Waals surface area contributed by atoms with Gasteiger partial charge in [0.1, 0.15) is 5.75 Å². The Kier molecular flexibility index (Phi) is 4.28. The lowest BCUT2D eigenvalue weighted by atomic mass is 10.1. The van der Waals surface area contributed by atoms with E-state index in [0.29, 0.717) is 6.04 Å². The number of aromatic nitrogens is 1. The number of amides is 1. The Balaban J connectivity index is 1.57. The zero-order valence-corrected chi connectivity index (χ0v) is 16.5. The summed E-state index contributed by atoms with van der Waals surface area (Å²) in [5.41, 5.74) is 5.23. The minimum absolute atomic E-state index is 0.0761. The third kappa shape index (κ3) is 3.24. The van der Waals surface area contributed by atoms with E-state index in [1.54, 1.807) is 11.3 Å². The summed E-state index contributed by atoms with van der Waals surface area (Å²) in [7, 11) is 0.